The van der Waals surface area contributed by atoms with Gasteiger partial charge < -0.3 is 0 Å². The maximum Gasteiger partial charge on any atom is 0 e. The zero-order valence-electron chi connectivity index (χ0n) is 1.62. The molecule has 0 saturated carbocycles. The van der Waals surface area contributed by atoms with Gasteiger partial charge in [0, 0.05) is 33.8 Å². The zero-order valence-corrected chi connectivity index (χ0v) is 4.84. The van der Waals surface area contributed by atoms with Crippen LogP contribution in [0.2, 0.25) is 0 Å². The topological polar surface area (TPSA) is 17.1 Å². The van der Waals surface area contributed by atoms with Crippen LogP contribution >= 0.6 is 9.12 Å². The first-order chi connectivity index (χ1) is 1.00. The molecule has 0 aromatic carbocycles. The third kappa shape index (κ3) is 26.7. The van der Waals surface area contributed by atoms with Crippen molar-refractivity contribution in [2.75, 3.05) is 0 Å². The van der Waals surface area contributed by atoms with Gasteiger partial charge in [-0.3, -0.25) is 4.57 Å². The van der Waals surface area contributed by atoms with Crippen LogP contribution in [0.1, 0.15) is 0 Å². The molecule has 0 amide bonds. The molecule has 5 heavy (non-hydrogen) atoms. The van der Waals surface area contributed by atoms with E-state index in [4.69, 9.17) is 4.57 Å². The molecule has 0 saturated heterocycles. The molecule has 5 heteroatoms. The molecule has 0 aliphatic heterocycles. The van der Waals surface area contributed by atoms with Gasteiger partial charge in [-0.2, -0.15) is 0 Å². The largest absolute Gasteiger partial charge is 0 e. The first kappa shape index (κ1) is 29.7. The molecule has 0 N–H and O–H groups in total. The van der Waals surface area contributed by atoms with Gasteiger partial charge in [0.1, 0.15) is 9.12 Å². The molecular formula is H2CoLiMnOP. The van der Waals surface area contributed by atoms with Gasteiger partial charge in [0.2, 0.25) is 0 Å². The Morgan fingerprint density at radius 1 is 1.20 bits per heavy atom. The van der Waals surface area contributed by atoms with E-state index in [0.717, 1.165) is 0 Å². The van der Waals surface area contributed by atoms with Crippen LogP contribution in [-0.4, -0.2) is 18.9 Å². The molecule has 0 aromatic heterocycles. The average Bonchev–Trinajstić information content (AvgIpc) is 1.00. The summed E-state index contributed by atoms with van der Waals surface area (Å²) in [6, 6.07) is 0. The third-order valence-electron chi connectivity index (χ3n) is 0. The third-order valence-corrected chi connectivity index (χ3v) is 0. The van der Waals surface area contributed by atoms with E-state index in [-0.39, 0.29) is 52.7 Å². The standard InChI is InChI=1S/Co.Li.Mn.HOP.H/c;;;1-2;/h;;;2H;. The normalized spacial score (nSPS) is 0.800. The Morgan fingerprint density at radius 3 is 1.20 bits per heavy atom. The molecule has 0 spiro atoms. The fourth-order valence-electron chi connectivity index (χ4n) is 0. The van der Waals surface area contributed by atoms with Crippen molar-refractivity contribution in [1.29, 1.82) is 0 Å². The van der Waals surface area contributed by atoms with E-state index >= 15 is 0 Å². The minimum Gasteiger partial charge on any atom is 0 e. The van der Waals surface area contributed by atoms with Crippen LogP contribution in [0.3, 0.4) is 0 Å². The molecule has 0 atom stereocenters. The van der Waals surface area contributed by atoms with Crippen molar-refractivity contribution >= 4 is 28.0 Å². The number of rotatable bonds is 0. The molecule has 30 valence electrons. The van der Waals surface area contributed by atoms with Crippen molar-refractivity contribution in [2.45, 2.75) is 0 Å². The van der Waals surface area contributed by atoms with Crippen LogP contribution in [0.4, 0.5) is 0 Å². The molecule has 0 heterocycles. The maximum atomic E-state index is 8.06. The Kier molecular flexibility index (Phi) is 255. The average molecular weight is 170 g/mol. The second-order valence-electron chi connectivity index (χ2n) is 0. The summed E-state index contributed by atoms with van der Waals surface area (Å²) in [5.41, 5.74) is 0. The maximum absolute atomic E-state index is 8.06. The molecule has 0 fully saturated rings. The van der Waals surface area contributed by atoms with Gasteiger partial charge in [0.15, 0.2) is 0 Å². The monoisotopic (exact) mass is 170 g/mol. The minimum atomic E-state index is 0. The Morgan fingerprint density at radius 2 is 1.20 bits per heavy atom. The van der Waals surface area contributed by atoms with Crippen molar-refractivity contribution in [2.24, 2.45) is 0 Å². The Labute approximate surface area is 66.1 Å². The van der Waals surface area contributed by atoms with Gasteiger partial charge in [-0.1, -0.05) is 0 Å². The summed E-state index contributed by atoms with van der Waals surface area (Å²) in [7, 11) is 1.72. The van der Waals surface area contributed by atoms with Gasteiger partial charge in [-0.15, -0.1) is 0 Å². The van der Waals surface area contributed by atoms with Gasteiger partial charge in [-0.05, 0) is 0 Å². The van der Waals surface area contributed by atoms with Crippen molar-refractivity contribution in [3.63, 3.8) is 0 Å². The zero-order chi connectivity index (χ0) is 2.00. The van der Waals surface area contributed by atoms with Gasteiger partial charge >= 0.3 is 18.9 Å². The van der Waals surface area contributed by atoms with Crippen LogP contribution in [-0.2, 0) is 38.4 Å². The van der Waals surface area contributed by atoms with E-state index in [2.05, 4.69) is 0 Å². The van der Waals surface area contributed by atoms with Crippen molar-refractivity contribution in [1.82, 2.24) is 0 Å². The summed E-state index contributed by atoms with van der Waals surface area (Å²) in [6.45, 7) is 0. The van der Waals surface area contributed by atoms with Crippen LogP contribution in [0.5, 0.6) is 0 Å². The molecule has 0 aliphatic rings. The van der Waals surface area contributed by atoms with Gasteiger partial charge in [0.05, 0.1) is 0 Å². The molecular weight excluding hydrogens is 168 g/mol. The van der Waals surface area contributed by atoms with E-state index in [1.165, 1.54) is 0 Å². The van der Waals surface area contributed by atoms with Crippen LogP contribution in [0.15, 0.2) is 0 Å². The summed E-state index contributed by atoms with van der Waals surface area (Å²) in [5.74, 6) is 0. The number of hydrogen-bond acceptors (Lipinski definition) is 1. The van der Waals surface area contributed by atoms with Crippen molar-refractivity contribution in [3.8, 4) is 0 Å². The fraction of sp³-hybridized carbons (Fsp3) is 0. The molecule has 0 aromatic rings. The molecule has 0 unspecified atom stereocenters. The van der Waals surface area contributed by atoms with Crippen LogP contribution in [0.25, 0.3) is 0 Å². The van der Waals surface area contributed by atoms with Gasteiger partial charge in [0.25, 0.3) is 0 Å². The van der Waals surface area contributed by atoms with Crippen molar-refractivity contribution in [3.05, 3.63) is 0 Å². The van der Waals surface area contributed by atoms with E-state index in [0.29, 0.717) is 0 Å². The Bertz CT molecular complexity index is 11.6. The Hall–Kier alpha value is 1.72. The van der Waals surface area contributed by atoms with E-state index in [1.807, 2.05) is 0 Å². The summed E-state index contributed by atoms with van der Waals surface area (Å²) in [4.78, 5) is 0. The SMILES string of the molecule is O=P.[Co].[LiH].[Mn]. The van der Waals surface area contributed by atoms with Crippen LogP contribution < -0.4 is 0 Å². The van der Waals surface area contributed by atoms with E-state index < -0.39 is 0 Å². The summed E-state index contributed by atoms with van der Waals surface area (Å²) in [5, 5.41) is 0. The summed E-state index contributed by atoms with van der Waals surface area (Å²) >= 11 is 0. The first-order valence-corrected chi connectivity index (χ1v) is 0.612. The van der Waals surface area contributed by atoms with E-state index in [9.17, 15) is 0 Å². The second-order valence-corrected chi connectivity index (χ2v) is 0. The molecule has 1 nitrogen and oxygen atoms in total. The molecule has 0 bridgehead atoms. The predicted molar refractivity (Wildman–Crippen MR) is 16.2 cm³/mol. The van der Waals surface area contributed by atoms with Crippen LogP contribution in [0, 0.1) is 0 Å². The molecule has 0 aliphatic carbocycles. The van der Waals surface area contributed by atoms with Gasteiger partial charge in [-0.25, -0.2) is 0 Å². The quantitative estimate of drug-likeness (QED) is 0.364. The smallest absolute Gasteiger partial charge is 0 e. The molecule has 0 rings (SSSR count). The second kappa shape index (κ2) is 43.0. The minimum absolute atomic E-state index is 0. The van der Waals surface area contributed by atoms with Crippen molar-refractivity contribution < 1.29 is 38.4 Å². The fourth-order valence-corrected chi connectivity index (χ4v) is 0. The predicted octanol–water partition coefficient (Wildman–Crippen LogP) is -0.179. The van der Waals surface area contributed by atoms with E-state index in [1.54, 1.807) is 9.12 Å². The first-order valence-electron chi connectivity index (χ1n) is 0.204. The summed E-state index contributed by atoms with van der Waals surface area (Å²) < 4.78 is 8.06. The molecule has 2 radical (unpaired) electrons. The Balaban J connectivity index is -0.00000000167. The number of hydrogen-bond donors (Lipinski definition) is 0. The summed E-state index contributed by atoms with van der Waals surface area (Å²) in [6.07, 6.45) is 0.